The van der Waals surface area contributed by atoms with Crippen LogP contribution in [-0.2, 0) is 10.0 Å². The number of hydrogen-bond donors (Lipinski definition) is 1. The topological polar surface area (TPSA) is 54.3 Å². The number of aromatic nitrogens is 1. The van der Waals surface area contributed by atoms with Crippen molar-refractivity contribution in [1.29, 1.82) is 0 Å². The van der Waals surface area contributed by atoms with E-state index < -0.39 is 10.0 Å². The van der Waals surface area contributed by atoms with Crippen molar-refractivity contribution in [2.75, 3.05) is 32.5 Å². The summed E-state index contributed by atoms with van der Waals surface area (Å²) in [5.74, 6) is 0. The summed E-state index contributed by atoms with van der Waals surface area (Å²) in [5.41, 5.74) is 1.34. The molecule has 3 rings (SSSR count). The molecular formula is C18H20ClN3O2S. The van der Waals surface area contributed by atoms with Crippen molar-refractivity contribution in [3.63, 3.8) is 0 Å². The van der Waals surface area contributed by atoms with E-state index >= 15 is 0 Å². The predicted molar refractivity (Wildman–Crippen MR) is 103 cm³/mol. The minimum Gasteiger partial charge on any atom is -0.384 e. The van der Waals surface area contributed by atoms with Crippen molar-refractivity contribution in [3.8, 4) is 0 Å². The van der Waals surface area contributed by atoms with Crippen LogP contribution in [0.2, 0.25) is 5.02 Å². The van der Waals surface area contributed by atoms with Gasteiger partial charge in [0.2, 0.25) is 0 Å². The van der Waals surface area contributed by atoms with Gasteiger partial charge >= 0.3 is 0 Å². The molecule has 25 heavy (non-hydrogen) atoms. The first-order valence-electron chi connectivity index (χ1n) is 7.89. The number of fused-ring (bicyclic) bond motifs is 1. The molecule has 0 saturated heterocycles. The number of likely N-dealkylation sites (N-methyl/N-ethyl adjacent to an activating group) is 1. The normalized spacial score (nSPS) is 12.0. The molecule has 0 aliphatic heterocycles. The summed E-state index contributed by atoms with van der Waals surface area (Å²) in [6, 6.07) is 13.8. The SMILES string of the molecule is CN(C)CCNc1cccc(S(=O)(=O)n2ccc3c(Cl)cccc32)c1. The van der Waals surface area contributed by atoms with E-state index in [1.807, 2.05) is 20.2 Å². The summed E-state index contributed by atoms with van der Waals surface area (Å²) < 4.78 is 27.3. The molecule has 0 aliphatic carbocycles. The van der Waals surface area contributed by atoms with E-state index in [9.17, 15) is 8.42 Å². The Labute approximate surface area is 152 Å². The van der Waals surface area contributed by atoms with Gasteiger partial charge in [-0.15, -0.1) is 0 Å². The fourth-order valence-corrected chi connectivity index (χ4v) is 4.24. The largest absolute Gasteiger partial charge is 0.384 e. The molecule has 0 radical (unpaired) electrons. The highest BCUT2D eigenvalue weighted by molar-refractivity contribution is 7.90. The summed E-state index contributed by atoms with van der Waals surface area (Å²) in [5, 5.41) is 4.49. The van der Waals surface area contributed by atoms with Gasteiger partial charge in [-0.2, -0.15) is 0 Å². The predicted octanol–water partition coefficient (Wildman–Crippen LogP) is 3.51. The van der Waals surface area contributed by atoms with Gasteiger partial charge in [0.05, 0.1) is 10.4 Å². The first kappa shape index (κ1) is 17.8. The molecule has 2 aromatic carbocycles. The van der Waals surface area contributed by atoms with E-state index in [1.54, 1.807) is 42.5 Å². The van der Waals surface area contributed by atoms with Crippen molar-refractivity contribution >= 4 is 38.2 Å². The molecule has 5 nitrogen and oxygen atoms in total. The van der Waals surface area contributed by atoms with Gasteiger partial charge in [0.1, 0.15) is 0 Å². The van der Waals surface area contributed by atoms with Gasteiger partial charge in [-0.1, -0.05) is 23.7 Å². The van der Waals surface area contributed by atoms with Crippen molar-refractivity contribution in [3.05, 3.63) is 59.8 Å². The molecular weight excluding hydrogens is 358 g/mol. The molecule has 0 aliphatic rings. The van der Waals surface area contributed by atoms with Gasteiger partial charge in [0.15, 0.2) is 0 Å². The van der Waals surface area contributed by atoms with Crippen LogP contribution in [0.15, 0.2) is 59.6 Å². The number of benzene rings is 2. The average Bonchev–Trinajstić information content (AvgIpc) is 3.01. The number of nitrogens with one attached hydrogen (secondary N) is 1. The maximum atomic E-state index is 13.0. The Kier molecular flexibility index (Phi) is 5.03. The first-order chi connectivity index (χ1) is 11.9. The molecule has 1 aromatic heterocycles. The monoisotopic (exact) mass is 377 g/mol. The molecule has 3 aromatic rings. The highest BCUT2D eigenvalue weighted by atomic mass is 35.5. The molecule has 0 fully saturated rings. The maximum Gasteiger partial charge on any atom is 0.268 e. The Hall–Kier alpha value is -2.02. The number of rotatable bonds is 6. The Morgan fingerprint density at radius 3 is 2.64 bits per heavy atom. The van der Waals surface area contributed by atoms with Crippen LogP contribution in [0.5, 0.6) is 0 Å². The smallest absolute Gasteiger partial charge is 0.268 e. The summed E-state index contributed by atoms with van der Waals surface area (Å²) in [7, 11) is 0.287. The summed E-state index contributed by atoms with van der Waals surface area (Å²) in [6.45, 7) is 1.59. The van der Waals surface area contributed by atoms with Gasteiger partial charge in [-0.3, -0.25) is 0 Å². The lowest BCUT2D eigenvalue weighted by molar-refractivity contribution is 0.425. The zero-order chi connectivity index (χ0) is 18.0. The second-order valence-corrected chi connectivity index (χ2v) is 8.27. The molecule has 0 atom stereocenters. The van der Waals surface area contributed by atoms with E-state index in [0.717, 1.165) is 18.8 Å². The lowest BCUT2D eigenvalue weighted by atomic mass is 10.2. The van der Waals surface area contributed by atoms with Crippen LogP contribution in [0.3, 0.4) is 0 Å². The molecule has 0 bridgehead atoms. The van der Waals surface area contributed by atoms with Gasteiger partial charge in [0, 0.05) is 35.4 Å². The number of hydrogen-bond acceptors (Lipinski definition) is 4. The van der Waals surface area contributed by atoms with Crippen LogP contribution in [0, 0.1) is 0 Å². The third kappa shape index (κ3) is 3.66. The second kappa shape index (κ2) is 7.07. The van der Waals surface area contributed by atoms with E-state index in [2.05, 4.69) is 10.2 Å². The third-order valence-electron chi connectivity index (χ3n) is 3.92. The molecule has 132 valence electrons. The molecule has 0 unspecified atom stereocenters. The number of nitrogens with zero attached hydrogens (tertiary/aromatic N) is 2. The van der Waals surface area contributed by atoms with Crippen molar-refractivity contribution in [2.45, 2.75) is 4.90 Å². The van der Waals surface area contributed by atoms with Gasteiger partial charge in [-0.25, -0.2) is 12.4 Å². The fraction of sp³-hybridized carbons (Fsp3) is 0.222. The molecule has 1 N–H and O–H groups in total. The standard InChI is InChI=1S/C18H20ClN3O2S/c1-21(2)12-10-20-14-5-3-6-15(13-14)25(23,24)22-11-9-16-17(19)7-4-8-18(16)22/h3-9,11,13,20H,10,12H2,1-2H3. The van der Waals surface area contributed by atoms with Crippen LogP contribution in [-0.4, -0.2) is 44.5 Å². The second-order valence-electron chi connectivity index (χ2n) is 6.05. The lowest BCUT2D eigenvalue weighted by Gasteiger charge is -2.13. The quantitative estimate of drug-likeness (QED) is 0.714. The Morgan fingerprint density at radius 1 is 1.12 bits per heavy atom. The van der Waals surface area contributed by atoms with Crippen LogP contribution in [0.25, 0.3) is 10.9 Å². The van der Waals surface area contributed by atoms with Crippen LogP contribution in [0.1, 0.15) is 0 Å². The molecule has 0 spiro atoms. The van der Waals surface area contributed by atoms with Crippen molar-refractivity contribution in [1.82, 2.24) is 8.87 Å². The van der Waals surface area contributed by atoms with Crippen LogP contribution < -0.4 is 5.32 Å². The highest BCUT2D eigenvalue weighted by Gasteiger charge is 2.19. The highest BCUT2D eigenvalue weighted by Crippen LogP contribution is 2.28. The maximum absolute atomic E-state index is 13.0. The Balaban J connectivity index is 1.95. The first-order valence-corrected chi connectivity index (χ1v) is 9.71. The zero-order valence-electron chi connectivity index (χ0n) is 14.1. The minimum atomic E-state index is -3.70. The summed E-state index contributed by atoms with van der Waals surface area (Å²) in [6.07, 6.45) is 1.54. The fourth-order valence-electron chi connectivity index (χ4n) is 2.62. The zero-order valence-corrected chi connectivity index (χ0v) is 15.7. The minimum absolute atomic E-state index is 0.236. The van der Waals surface area contributed by atoms with Gasteiger partial charge in [0.25, 0.3) is 10.0 Å². The van der Waals surface area contributed by atoms with E-state index in [1.165, 1.54) is 10.2 Å². The van der Waals surface area contributed by atoms with Gasteiger partial charge in [-0.05, 0) is 50.5 Å². The number of anilines is 1. The molecule has 0 saturated carbocycles. The van der Waals surface area contributed by atoms with Crippen molar-refractivity contribution < 1.29 is 8.42 Å². The van der Waals surface area contributed by atoms with E-state index in [-0.39, 0.29) is 4.90 Å². The Morgan fingerprint density at radius 2 is 1.88 bits per heavy atom. The lowest BCUT2D eigenvalue weighted by Crippen LogP contribution is -2.21. The Bertz CT molecular complexity index is 996. The van der Waals surface area contributed by atoms with Gasteiger partial charge < -0.3 is 10.2 Å². The molecule has 1 heterocycles. The van der Waals surface area contributed by atoms with Crippen LogP contribution in [0.4, 0.5) is 5.69 Å². The van der Waals surface area contributed by atoms with E-state index in [4.69, 9.17) is 11.6 Å². The van der Waals surface area contributed by atoms with Crippen molar-refractivity contribution in [2.24, 2.45) is 0 Å². The number of halogens is 1. The molecule has 7 heteroatoms. The summed E-state index contributed by atoms with van der Waals surface area (Å²) >= 11 is 6.15. The van der Waals surface area contributed by atoms with Crippen LogP contribution >= 0.6 is 11.6 Å². The average molecular weight is 378 g/mol. The molecule has 0 amide bonds. The van der Waals surface area contributed by atoms with E-state index in [0.29, 0.717) is 15.9 Å². The third-order valence-corrected chi connectivity index (χ3v) is 5.94. The summed E-state index contributed by atoms with van der Waals surface area (Å²) in [4.78, 5) is 2.29.